The van der Waals surface area contributed by atoms with Gasteiger partial charge in [-0.15, -0.1) is 0 Å². The van der Waals surface area contributed by atoms with Crippen molar-refractivity contribution in [3.8, 4) is 0 Å². The molecule has 16 aromatic rings. The van der Waals surface area contributed by atoms with Crippen LogP contribution in [0.15, 0.2) is 224 Å². The van der Waals surface area contributed by atoms with Crippen LogP contribution < -0.4 is 0 Å². The van der Waals surface area contributed by atoms with Crippen molar-refractivity contribution in [3.05, 3.63) is 230 Å². The lowest BCUT2D eigenvalue weighted by molar-refractivity contribution is 0.869. The Morgan fingerprint density at radius 3 is 0.765 bits per heavy atom. The van der Waals surface area contributed by atoms with Gasteiger partial charge in [-0.2, -0.15) is 0 Å². The topological polar surface area (TPSA) is 4.93 Å². The van der Waals surface area contributed by atoms with Gasteiger partial charge in [-0.25, -0.2) is 0 Å². The van der Waals surface area contributed by atoms with E-state index in [1.54, 1.807) is 0 Å². The van der Waals surface area contributed by atoms with Crippen LogP contribution in [0.1, 0.15) is 5.56 Å². The van der Waals surface area contributed by atoms with Gasteiger partial charge in [0.25, 0.3) is 0 Å². The molecule has 0 amide bonds. The second-order valence-corrected chi connectivity index (χ2v) is 19.0. The lowest BCUT2D eigenvalue weighted by atomic mass is 9.85. The maximum Gasteiger partial charge on any atom is 0.0501 e. The third-order valence-corrected chi connectivity index (χ3v) is 15.7. The quantitative estimate of drug-likeness (QED) is 0.121. The molecular weight excluding hydrogens is 819 g/mol. The molecule has 0 aliphatic carbocycles. The first-order valence-corrected chi connectivity index (χ1v) is 23.9. The standard InChI is InChI=1S/C67H39N/c1-2-16-39(17-3-1)38-68-62-32-30-52-44-22-8-14-28-50(44)58-34-54-46-24-10-4-18-40(46)42-20-6-12-26-48(42)56(54)36-60(58)64(52)66(62)67-63(68)33-31-53-45-23-9-15-29-51(45)59-35-55-47-25-11-5-19-41(47)43-21-7-13-27-49(43)57(55)37-61(59)65(53)67/h1-37H,38H2. The van der Waals surface area contributed by atoms with Crippen molar-refractivity contribution in [2.45, 2.75) is 6.54 Å². The number of hydrogen-bond acceptors (Lipinski definition) is 0. The average molecular weight is 858 g/mol. The molecule has 0 atom stereocenters. The predicted octanol–water partition coefficient (Wildman–Crippen LogP) is 18.7. The van der Waals surface area contributed by atoms with E-state index in [1.807, 2.05) is 0 Å². The van der Waals surface area contributed by atoms with Gasteiger partial charge in [0.15, 0.2) is 0 Å². The lowest BCUT2D eigenvalue weighted by Gasteiger charge is -2.17. The second-order valence-electron chi connectivity index (χ2n) is 19.0. The molecule has 312 valence electrons. The minimum absolute atomic E-state index is 0.758. The molecule has 16 rings (SSSR count). The van der Waals surface area contributed by atoms with E-state index in [2.05, 4.69) is 229 Å². The van der Waals surface area contributed by atoms with Crippen LogP contribution in [-0.4, -0.2) is 4.57 Å². The first-order valence-electron chi connectivity index (χ1n) is 23.9. The van der Waals surface area contributed by atoms with Gasteiger partial charge in [-0.1, -0.05) is 188 Å². The zero-order valence-corrected chi connectivity index (χ0v) is 37.0. The summed E-state index contributed by atoms with van der Waals surface area (Å²) in [7, 11) is 0. The van der Waals surface area contributed by atoms with Crippen molar-refractivity contribution in [1.29, 1.82) is 0 Å². The summed E-state index contributed by atoms with van der Waals surface area (Å²) in [6.07, 6.45) is 0. The molecule has 68 heavy (non-hydrogen) atoms. The summed E-state index contributed by atoms with van der Waals surface area (Å²) in [6.45, 7) is 0.758. The number of fused-ring (bicyclic) bond motifs is 29. The highest BCUT2D eigenvalue weighted by Crippen LogP contribution is 2.50. The molecule has 1 heterocycles. The Morgan fingerprint density at radius 1 is 0.191 bits per heavy atom. The molecule has 1 nitrogen and oxygen atoms in total. The molecule has 0 fully saturated rings. The molecule has 1 aromatic heterocycles. The number of hydrogen-bond donors (Lipinski definition) is 0. The zero-order chi connectivity index (χ0) is 44.2. The van der Waals surface area contributed by atoms with E-state index in [0.29, 0.717) is 0 Å². The van der Waals surface area contributed by atoms with Gasteiger partial charge in [0.1, 0.15) is 0 Å². The van der Waals surface area contributed by atoms with Gasteiger partial charge in [0.05, 0.1) is 11.0 Å². The van der Waals surface area contributed by atoms with E-state index in [9.17, 15) is 0 Å². The van der Waals surface area contributed by atoms with E-state index in [4.69, 9.17) is 0 Å². The fraction of sp³-hybridized carbons (Fsp3) is 0.0149. The Bertz CT molecular complexity index is 4630. The Morgan fingerprint density at radius 2 is 0.441 bits per heavy atom. The molecular formula is C67H39N. The van der Waals surface area contributed by atoms with Gasteiger partial charge in [0.2, 0.25) is 0 Å². The van der Waals surface area contributed by atoms with E-state index in [0.717, 1.165) is 6.54 Å². The van der Waals surface area contributed by atoms with Crippen molar-refractivity contribution >= 4 is 151 Å². The summed E-state index contributed by atoms with van der Waals surface area (Å²) in [5.74, 6) is 0. The third kappa shape index (κ3) is 4.75. The summed E-state index contributed by atoms with van der Waals surface area (Å²) in [5.41, 5.74) is 3.79. The molecule has 0 aliphatic rings. The van der Waals surface area contributed by atoms with E-state index in [-0.39, 0.29) is 0 Å². The minimum Gasteiger partial charge on any atom is -0.336 e. The van der Waals surface area contributed by atoms with Gasteiger partial charge < -0.3 is 4.57 Å². The van der Waals surface area contributed by atoms with Crippen molar-refractivity contribution in [2.24, 2.45) is 0 Å². The molecule has 15 aromatic carbocycles. The maximum absolute atomic E-state index is 2.61. The minimum atomic E-state index is 0.758. The largest absolute Gasteiger partial charge is 0.336 e. The van der Waals surface area contributed by atoms with E-state index in [1.165, 1.54) is 157 Å². The van der Waals surface area contributed by atoms with Gasteiger partial charge in [-0.05, 0) is 160 Å². The van der Waals surface area contributed by atoms with Crippen LogP contribution in [0.4, 0.5) is 0 Å². The fourth-order valence-electron chi connectivity index (χ4n) is 12.9. The average Bonchev–Trinajstić information content (AvgIpc) is 3.73. The van der Waals surface area contributed by atoms with E-state index >= 15 is 0 Å². The van der Waals surface area contributed by atoms with Gasteiger partial charge in [-0.3, -0.25) is 0 Å². The van der Waals surface area contributed by atoms with Crippen LogP contribution in [0.5, 0.6) is 0 Å². The van der Waals surface area contributed by atoms with Crippen LogP contribution in [0.3, 0.4) is 0 Å². The molecule has 0 N–H and O–H groups in total. The van der Waals surface area contributed by atoms with Gasteiger partial charge >= 0.3 is 0 Å². The zero-order valence-electron chi connectivity index (χ0n) is 37.0. The summed E-state index contributed by atoms with van der Waals surface area (Å²) < 4.78 is 2.61. The number of aromatic nitrogens is 1. The Labute approximate surface area is 390 Å². The highest BCUT2D eigenvalue weighted by Gasteiger charge is 2.24. The van der Waals surface area contributed by atoms with Crippen molar-refractivity contribution in [2.75, 3.05) is 0 Å². The summed E-state index contributed by atoms with van der Waals surface area (Å²) in [6, 6.07) is 85.0. The first kappa shape index (κ1) is 36.4. The summed E-state index contributed by atoms with van der Waals surface area (Å²) in [4.78, 5) is 0. The smallest absolute Gasteiger partial charge is 0.0501 e. The van der Waals surface area contributed by atoms with Crippen molar-refractivity contribution < 1.29 is 0 Å². The number of rotatable bonds is 2. The Hall–Kier alpha value is -8.78. The van der Waals surface area contributed by atoms with Crippen LogP contribution in [0.2, 0.25) is 0 Å². The monoisotopic (exact) mass is 857 g/mol. The summed E-state index contributed by atoms with van der Waals surface area (Å²) in [5, 5.41) is 33.7. The molecule has 0 bridgehead atoms. The summed E-state index contributed by atoms with van der Waals surface area (Å²) >= 11 is 0. The highest BCUT2D eigenvalue weighted by molar-refractivity contribution is 6.44. The normalized spacial score (nSPS) is 12.5. The van der Waals surface area contributed by atoms with Crippen molar-refractivity contribution in [1.82, 2.24) is 4.57 Å². The molecule has 0 radical (unpaired) electrons. The number of benzene rings is 15. The van der Waals surface area contributed by atoms with Gasteiger partial charge in [0, 0.05) is 28.1 Å². The molecule has 0 aliphatic heterocycles. The third-order valence-electron chi connectivity index (χ3n) is 15.7. The van der Waals surface area contributed by atoms with Crippen LogP contribution in [-0.2, 0) is 6.54 Å². The van der Waals surface area contributed by atoms with Crippen LogP contribution in [0.25, 0.3) is 151 Å². The SMILES string of the molecule is c1ccc(Cn2c3ccc4c5ccccc5c5cc6c7ccccc7c7ccccc7c6cc5c4c3c3c4c(ccc32)c2ccccc2c2cc3c5ccccc5c5ccccc5c3cc24)cc1. The van der Waals surface area contributed by atoms with E-state index < -0.39 is 0 Å². The lowest BCUT2D eigenvalue weighted by Crippen LogP contribution is -1.99. The molecule has 0 saturated heterocycles. The fourth-order valence-corrected chi connectivity index (χ4v) is 12.9. The first-order chi connectivity index (χ1) is 33.8. The number of nitrogens with zero attached hydrogens (tertiary/aromatic N) is 1. The van der Waals surface area contributed by atoms with Crippen LogP contribution in [0, 0.1) is 0 Å². The highest BCUT2D eigenvalue weighted by atomic mass is 15.0. The second kappa shape index (κ2) is 13.4. The Balaban J connectivity index is 1.20. The molecule has 0 spiro atoms. The van der Waals surface area contributed by atoms with Crippen LogP contribution >= 0.6 is 0 Å². The molecule has 0 unspecified atom stereocenters. The Kier molecular flexibility index (Phi) is 7.19. The predicted molar refractivity (Wildman–Crippen MR) is 295 cm³/mol. The van der Waals surface area contributed by atoms with Crippen molar-refractivity contribution in [3.63, 3.8) is 0 Å². The maximum atomic E-state index is 2.61. The molecule has 1 heteroatoms. The molecule has 0 saturated carbocycles.